The van der Waals surface area contributed by atoms with Gasteiger partial charge in [0, 0.05) is 16.7 Å². The Labute approximate surface area is 133 Å². The fourth-order valence-corrected chi connectivity index (χ4v) is 2.87. The summed E-state index contributed by atoms with van der Waals surface area (Å²) in [5, 5.41) is 5.45. The molecule has 3 aromatic rings. The van der Waals surface area contributed by atoms with Gasteiger partial charge in [0.15, 0.2) is 5.69 Å². The number of carbonyl (C=O) groups excluding carboxylic acids is 1. The highest BCUT2D eigenvalue weighted by molar-refractivity contribution is 7.19. The summed E-state index contributed by atoms with van der Waals surface area (Å²) in [5.41, 5.74) is 0.375. The first-order chi connectivity index (χ1) is 10.6. The minimum absolute atomic E-state index is 0.0156. The van der Waals surface area contributed by atoms with Crippen LogP contribution in [0.5, 0.6) is 0 Å². The molecule has 0 N–H and O–H groups in total. The van der Waals surface area contributed by atoms with Gasteiger partial charge < -0.3 is 4.74 Å². The summed E-state index contributed by atoms with van der Waals surface area (Å²) >= 11 is 7.06. The van der Waals surface area contributed by atoms with Crippen molar-refractivity contribution in [3.05, 3.63) is 51.4 Å². The highest BCUT2D eigenvalue weighted by Gasteiger charge is 2.15. The number of fused-ring (bicyclic) bond motifs is 1. The summed E-state index contributed by atoms with van der Waals surface area (Å²) in [4.78, 5) is 28.2. The number of carbonyl (C=O) groups is 1. The average Bonchev–Trinajstić information content (AvgIpc) is 2.93. The maximum absolute atomic E-state index is 12.0. The number of halogens is 1. The van der Waals surface area contributed by atoms with Gasteiger partial charge in [0.05, 0.1) is 6.61 Å². The van der Waals surface area contributed by atoms with Crippen molar-refractivity contribution in [1.82, 2.24) is 14.6 Å². The van der Waals surface area contributed by atoms with E-state index in [9.17, 15) is 9.59 Å². The molecule has 0 amide bonds. The molecule has 6 nitrogen and oxygen atoms in total. The van der Waals surface area contributed by atoms with Gasteiger partial charge in [0.25, 0.3) is 5.56 Å². The van der Waals surface area contributed by atoms with Gasteiger partial charge >= 0.3 is 5.97 Å². The second-order valence-corrected chi connectivity index (χ2v) is 5.70. The van der Waals surface area contributed by atoms with E-state index in [2.05, 4.69) is 10.1 Å². The maximum atomic E-state index is 12.0. The molecule has 3 rings (SSSR count). The first kappa shape index (κ1) is 14.7. The van der Waals surface area contributed by atoms with E-state index in [1.54, 1.807) is 31.2 Å². The lowest BCUT2D eigenvalue weighted by atomic mass is 10.2. The zero-order chi connectivity index (χ0) is 15.7. The molecular weight excluding hydrogens is 326 g/mol. The molecule has 2 aromatic heterocycles. The third-order valence-corrected chi connectivity index (χ3v) is 4.03. The van der Waals surface area contributed by atoms with Crippen LogP contribution in [0.3, 0.4) is 0 Å². The Morgan fingerprint density at radius 2 is 2.09 bits per heavy atom. The van der Waals surface area contributed by atoms with Crippen molar-refractivity contribution in [3.8, 4) is 10.6 Å². The van der Waals surface area contributed by atoms with Crippen LogP contribution in [0.15, 0.2) is 35.1 Å². The molecule has 0 aliphatic rings. The quantitative estimate of drug-likeness (QED) is 0.688. The molecule has 0 unspecified atom stereocenters. The summed E-state index contributed by atoms with van der Waals surface area (Å²) in [6.45, 7) is 1.91. The topological polar surface area (TPSA) is 73.6 Å². The number of benzene rings is 1. The van der Waals surface area contributed by atoms with Gasteiger partial charge in [0.2, 0.25) is 4.96 Å². The SMILES string of the molecule is CCOC(=O)c1cc(=O)n2nc(-c3ccc(Cl)cc3)sc2n1. The molecular formula is C14H10ClN3O3S. The van der Waals surface area contributed by atoms with Gasteiger partial charge in [-0.25, -0.2) is 9.78 Å². The molecule has 22 heavy (non-hydrogen) atoms. The lowest BCUT2D eigenvalue weighted by Gasteiger charge is -1.99. The molecule has 0 radical (unpaired) electrons. The van der Waals surface area contributed by atoms with Gasteiger partial charge in [-0.05, 0) is 19.1 Å². The van der Waals surface area contributed by atoms with Gasteiger partial charge in [-0.2, -0.15) is 9.61 Å². The molecule has 2 heterocycles. The number of ether oxygens (including phenoxy) is 1. The lowest BCUT2D eigenvalue weighted by molar-refractivity contribution is 0.0519. The van der Waals surface area contributed by atoms with Crippen molar-refractivity contribution in [1.29, 1.82) is 0 Å². The predicted molar refractivity (Wildman–Crippen MR) is 83.5 cm³/mol. The molecule has 8 heteroatoms. The molecule has 0 aliphatic heterocycles. The Kier molecular flexibility index (Phi) is 3.91. The standard InChI is InChI=1S/C14H10ClN3O3S/c1-2-21-13(20)10-7-11(19)18-14(16-10)22-12(17-18)8-3-5-9(15)6-4-8/h3-7H,2H2,1H3. The minimum Gasteiger partial charge on any atom is -0.461 e. The number of nitrogens with zero attached hydrogens (tertiary/aromatic N) is 3. The van der Waals surface area contributed by atoms with Crippen LogP contribution in [0.1, 0.15) is 17.4 Å². The fraction of sp³-hybridized carbons (Fsp3) is 0.143. The van der Waals surface area contributed by atoms with E-state index in [0.29, 0.717) is 15.0 Å². The maximum Gasteiger partial charge on any atom is 0.357 e. The lowest BCUT2D eigenvalue weighted by Crippen LogP contribution is -2.18. The van der Waals surface area contributed by atoms with Crippen LogP contribution in [0, 0.1) is 0 Å². The minimum atomic E-state index is -0.622. The summed E-state index contributed by atoms with van der Waals surface area (Å²) in [7, 11) is 0. The fourth-order valence-electron chi connectivity index (χ4n) is 1.83. The third kappa shape index (κ3) is 2.72. The highest BCUT2D eigenvalue weighted by atomic mass is 35.5. The number of hydrogen-bond acceptors (Lipinski definition) is 6. The normalized spacial score (nSPS) is 10.8. The number of esters is 1. The van der Waals surface area contributed by atoms with E-state index < -0.39 is 11.5 Å². The van der Waals surface area contributed by atoms with Gasteiger partial charge in [-0.3, -0.25) is 4.79 Å². The van der Waals surface area contributed by atoms with E-state index in [1.165, 1.54) is 11.3 Å². The van der Waals surface area contributed by atoms with Crippen LogP contribution >= 0.6 is 22.9 Å². The van der Waals surface area contributed by atoms with Crippen LogP contribution in [0.2, 0.25) is 5.02 Å². The average molecular weight is 336 g/mol. The Bertz CT molecular complexity index is 902. The van der Waals surface area contributed by atoms with E-state index in [1.807, 2.05) is 0 Å². The zero-order valence-corrected chi connectivity index (χ0v) is 13.0. The van der Waals surface area contributed by atoms with Crippen molar-refractivity contribution >= 4 is 33.9 Å². The van der Waals surface area contributed by atoms with Crippen molar-refractivity contribution in [2.24, 2.45) is 0 Å². The Morgan fingerprint density at radius 3 is 2.77 bits per heavy atom. The van der Waals surface area contributed by atoms with E-state index in [4.69, 9.17) is 16.3 Å². The Morgan fingerprint density at radius 1 is 1.36 bits per heavy atom. The van der Waals surface area contributed by atoms with Crippen LogP contribution in [-0.2, 0) is 4.74 Å². The molecule has 0 aliphatic carbocycles. The summed E-state index contributed by atoms with van der Waals surface area (Å²) in [6, 6.07) is 8.21. The first-order valence-electron chi connectivity index (χ1n) is 6.42. The molecule has 0 bridgehead atoms. The van der Waals surface area contributed by atoms with Crippen molar-refractivity contribution in [2.75, 3.05) is 6.61 Å². The third-order valence-electron chi connectivity index (χ3n) is 2.82. The molecule has 0 atom stereocenters. The van der Waals surface area contributed by atoms with Crippen LogP contribution in [0.25, 0.3) is 15.5 Å². The van der Waals surface area contributed by atoms with Gasteiger partial charge in [-0.15, -0.1) is 0 Å². The molecule has 0 saturated carbocycles. The summed E-state index contributed by atoms with van der Waals surface area (Å²) < 4.78 is 6.02. The van der Waals surface area contributed by atoms with E-state index in [0.717, 1.165) is 16.1 Å². The number of hydrogen-bond donors (Lipinski definition) is 0. The van der Waals surface area contributed by atoms with Crippen molar-refractivity contribution < 1.29 is 9.53 Å². The number of rotatable bonds is 3. The van der Waals surface area contributed by atoms with Crippen LogP contribution in [0.4, 0.5) is 0 Å². The van der Waals surface area contributed by atoms with E-state index in [-0.39, 0.29) is 12.3 Å². The van der Waals surface area contributed by atoms with Gasteiger partial charge in [0.1, 0.15) is 5.01 Å². The first-order valence-corrected chi connectivity index (χ1v) is 7.62. The molecule has 112 valence electrons. The summed E-state index contributed by atoms with van der Waals surface area (Å²) in [5.74, 6) is -0.622. The van der Waals surface area contributed by atoms with Crippen molar-refractivity contribution in [3.63, 3.8) is 0 Å². The van der Waals surface area contributed by atoms with Crippen LogP contribution in [-0.4, -0.2) is 27.2 Å². The van der Waals surface area contributed by atoms with Crippen LogP contribution < -0.4 is 5.56 Å². The summed E-state index contributed by atoms with van der Waals surface area (Å²) in [6.07, 6.45) is 0. The molecule has 0 fully saturated rings. The second-order valence-electron chi connectivity index (χ2n) is 4.31. The largest absolute Gasteiger partial charge is 0.461 e. The molecule has 0 spiro atoms. The van der Waals surface area contributed by atoms with Crippen molar-refractivity contribution in [2.45, 2.75) is 6.92 Å². The Hall–Kier alpha value is -2.25. The molecule has 0 saturated heterocycles. The number of aromatic nitrogens is 3. The van der Waals surface area contributed by atoms with E-state index >= 15 is 0 Å². The molecule has 1 aromatic carbocycles. The predicted octanol–water partition coefficient (Wildman–Crippen LogP) is 2.65. The van der Waals surface area contributed by atoms with Gasteiger partial charge in [-0.1, -0.05) is 35.1 Å². The zero-order valence-electron chi connectivity index (χ0n) is 11.4. The second kappa shape index (κ2) is 5.86. The highest BCUT2D eigenvalue weighted by Crippen LogP contribution is 2.25. The Balaban J connectivity index is 2.09. The monoisotopic (exact) mass is 335 g/mol. The smallest absolute Gasteiger partial charge is 0.357 e.